The predicted molar refractivity (Wildman–Crippen MR) is 86.1 cm³/mol. The SMILES string of the molecule is CN(C)C(=O)CN1CCC(C(=O)NCc2ccccc2)CC1. The summed E-state index contributed by atoms with van der Waals surface area (Å²) in [5, 5.41) is 3.01. The van der Waals surface area contributed by atoms with Crippen LogP contribution in [0.3, 0.4) is 0 Å². The summed E-state index contributed by atoms with van der Waals surface area (Å²) in [5.41, 5.74) is 1.12. The molecule has 1 N–H and O–H groups in total. The van der Waals surface area contributed by atoms with E-state index >= 15 is 0 Å². The third-order valence-corrected chi connectivity index (χ3v) is 4.13. The predicted octanol–water partition coefficient (Wildman–Crippen LogP) is 1.10. The molecule has 5 heteroatoms. The summed E-state index contributed by atoms with van der Waals surface area (Å²) in [6.45, 7) is 2.65. The Hall–Kier alpha value is -1.88. The first-order valence-corrected chi connectivity index (χ1v) is 7.80. The van der Waals surface area contributed by atoms with E-state index in [1.54, 1.807) is 19.0 Å². The Balaban J connectivity index is 1.72. The Morgan fingerprint density at radius 2 is 1.82 bits per heavy atom. The van der Waals surface area contributed by atoms with Gasteiger partial charge >= 0.3 is 0 Å². The zero-order valence-electron chi connectivity index (χ0n) is 13.4. The number of rotatable bonds is 5. The van der Waals surface area contributed by atoms with E-state index in [0.717, 1.165) is 31.5 Å². The van der Waals surface area contributed by atoms with Crippen molar-refractivity contribution < 1.29 is 9.59 Å². The summed E-state index contributed by atoms with van der Waals surface area (Å²) in [6, 6.07) is 9.94. The minimum absolute atomic E-state index is 0.0643. The maximum Gasteiger partial charge on any atom is 0.236 e. The monoisotopic (exact) mass is 303 g/mol. The van der Waals surface area contributed by atoms with Crippen molar-refractivity contribution in [3.8, 4) is 0 Å². The van der Waals surface area contributed by atoms with E-state index in [-0.39, 0.29) is 17.7 Å². The Morgan fingerprint density at radius 3 is 2.41 bits per heavy atom. The molecule has 0 aliphatic carbocycles. The second-order valence-corrected chi connectivity index (χ2v) is 6.04. The van der Waals surface area contributed by atoms with Crippen LogP contribution in [-0.4, -0.2) is 55.3 Å². The third kappa shape index (κ3) is 4.84. The first kappa shape index (κ1) is 16.5. The number of amides is 2. The Kier molecular flexibility index (Phi) is 5.95. The van der Waals surface area contributed by atoms with E-state index in [1.165, 1.54) is 0 Å². The fraction of sp³-hybridized carbons (Fsp3) is 0.529. The molecule has 1 saturated heterocycles. The molecule has 1 aliphatic heterocycles. The second-order valence-electron chi connectivity index (χ2n) is 6.04. The number of likely N-dealkylation sites (tertiary alicyclic amines) is 1. The lowest BCUT2D eigenvalue weighted by molar-refractivity contribution is -0.130. The summed E-state index contributed by atoms with van der Waals surface area (Å²) < 4.78 is 0. The second kappa shape index (κ2) is 7.94. The van der Waals surface area contributed by atoms with Gasteiger partial charge in [-0.3, -0.25) is 14.5 Å². The van der Waals surface area contributed by atoms with E-state index in [4.69, 9.17) is 0 Å². The van der Waals surface area contributed by atoms with Gasteiger partial charge in [-0.05, 0) is 31.5 Å². The molecular weight excluding hydrogens is 278 g/mol. The molecule has 120 valence electrons. The number of carbonyl (C=O) groups excluding carboxylic acids is 2. The van der Waals surface area contributed by atoms with Crippen LogP contribution >= 0.6 is 0 Å². The van der Waals surface area contributed by atoms with Gasteiger partial charge in [0.25, 0.3) is 0 Å². The molecule has 2 rings (SSSR count). The van der Waals surface area contributed by atoms with Gasteiger partial charge in [0.15, 0.2) is 0 Å². The third-order valence-electron chi connectivity index (χ3n) is 4.13. The van der Waals surface area contributed by atoms with Gasteiger partial charge in [-0.15, -0.1) is 0 Å². The first-order valence-electron chi connectivity index (χ1n) is 7.80. The van der Waals surface area contributed by atoms with Crippen molar-refractivity contribution >= 4 is 11.8 Å². The number of likely N-dealkylation sites (N-methyl/N-ethyl adjacent to an activating group) is 1. The molecule has 1 fully saturated rings. The molecule has 1 aromatic rings. The van der Waals surface area contributed by atoms with Gasteiger partial charge in [0, 0.05) is 26.6 Å². The quantitative estimate of drug-likeness (QED) is 0.886. The standard InChI is InChI=1S/C17H25N3O2/c1-19(2)16(21)13-20-10-8-15(9-11-20)17(22)18-12-14-6-4-3-5-7-14/h3-7,15H,8-13H2,1-2H3,(H,18,22). The number of carbonyl (C=O) groups is 2. The molecule has 0 bridgehead atoms. The molecule has 1 heterocycles. The summed E-state index contributed by atoms with van der Waals surface area (Å²) in [4.78, 5) is 27.6. The number of nitrogens with one attached hydrogen (secondary N) is 1. The molecule has 1 aliphatic rings. The molecule has 22 heavy (non-hydrogen) atoms. The normalized spacial score (nSPS) is 16.3. The van der Waals surface area contributed by atoms with Gasteiger partial charge < -0.3 is 10.2 Å². The van der Waals surface area contributed by atoms with Crippen LogP contribution in [0.4, 0.5) is 0 Å². The topological polar surface area (TPSA) is 52.7 Å². The first-order chi connectivity index (χ1) is 10.6. The molecule has 0 unspecified atom stereocenters. The zero-order valence-corrected chi connectivity index (χ0v) is 13.4. The lowest BCUT2D eigenvalue weighted by Crippen LogP contribution is -2.44. The Morgan fingerprint density at radius 1 is 1.18 bits per heavy atom. The van der Waals surface area contributed by atoms with E-state index in [9.17, 15) is 9.59 Å². The highest BCUT2D eigenvalue weighted by Gasteiger charge is 2.25. The summed E-state index contributed by atoms with van der Waals surface area (Å²) in [7, 11) is 3.54. The summed E-state index contributed by atoms with van der Waals surface area (Å²) in [6.07, 6.45) is 1.64. The van der Waals surface area contributed by atoms with Crippen LogP contribution in [0.2, 0.25) is 0 Å². The highest BCUT2D eigenvalue weighted by atomic mass is 16.2. The molecule has 2 amide bonds. The average Bonchev–Trinajstić information content (AvgIpc) is 2.54. The fourth-order valence-electron chi connectivity index (χ4n) is 2.62. The number of hydrogen-bond donors (Lipinski definition) is 1. The van der Waals surface area contributed by atoms with Crippen LogP contribution in [-0.2, 0) is 16.1 Å². The van der Waals surface area contributed by atoms with Crippen molar-refractivity contribution in [2.75, 3.05) is 33.7 Å². The van der Waals surface area contributed by atoms with E-state index in [1.807, 2.05) is 30.3 Å². The Bertz CT molecular complexity index is 494. The Labute approximate surface area is 132 Å². The van der Waals surface area contributed by atoms with Gasteiger partial charge in [0.05, 0.1) is 6.54 Å². The molecular formula is C17H25N3O2. The van der Waals surface area contributed by atoms with E-state index in [2.05, 4.69) is 10.2 Å². The van der Waals surface area contributed by atoms with Crippen LogP contribution < -0.4 is 5.32 Å². The highest BCUT2D eigenvalue weighted by molar-refractivity contribution is 5.79. The molecule has 0 aromatic heterocycles. The zero-order chi connectivity index (χ0) is 15.9. The number of benzene rings is 1. The number of hydrogen-bond acceptors (Lipinski definition) is 3. The van der Waals surface area contributed by atoms with Crippen molar-refractivity contribution in [2.24, 2.45) is 5.92 Å². The van der Waals surface area contributed by atoms with Gasteiger partial charge in [0.2, 0.25) is 11.8 Å². The van der Waals surface area contributed by atoms with Crippen molar-refractivity contribution in [2.45, 2.75) is 19.4 Å². The largest absolute Gasteiger partial charge is 0.352 e. The molecule has 0 radical (unpaired) electrons. The lowest BCUT2D eigenvalue weighted by atomic mass is 9.96. The number of piperidine rings is 1. The van der Waals surface area contributed by atoms with Crippen molar-refractivity contribution in [1.29, 1.82) is 0 Å². The lowest BCUT2D eigenvalue weighted by Gasteiger charge is -2.31. The van der Waals surface area contributed by atoms with E-state index < -0.39 is 0 Å². The summed E-state index contributed by atoms with van der Waals surface area (Å²) in [5.74, 6) is 0.309. The summed E-state index contributed by atoms with van der Waals surface area (Å²) >= 11 is 0. The van der Waals surface area contributed by atoms with Crippen LogP contribution in [0.25, 0.3) is 0 Å². The van der Waals surface area contributed by atoms with Crippen LogP contribution in [0.5, 0.6) is 0 Å². The van der Waals surface area contributed by atoms with Gasteiger partial charge in [-0.2, -0.15) is 0 Å². The highest BCUT2D eigenvalue weighted by Crippen LogP contribution is 2.17. The van der Waals surface area contributed by atoms with Crippen molar-refractivity contribution in [1.82, 2.24) is 15.1 Å². The van der Waals surface area contributed by atoms with Crippen LogP contribution in [0.15, 0.2) is 30.3 Å². The van der Waals surface area contributed by atoms with Gasteiger partial charge in [0.1, 0.15) is 0 Å². The van der Waals surface area contributed by atoms with Crippen molar-refractivity contribution in [3.63, 3.8) is 0 Å². The number of nitrogens with zero attached hydrogens (tertiary/aromatic N) is 2. The molecule has 0 saturated carbocycles. The minimum atomic E-state index is 0.0643. The van der Waals surface area contributed by atoms with Crippen LogP contribution in [0.1, 0.15) is 18.4 Å². The molecule has 0 atom stereocenters. The molecule has 1 aromatic carbocycles. The molecule has 5 nitrogen and oxygen atoms in total. The maximum atomic E-state index is 12.2. The van der Waals surface area contributed by atoms with Crippen molar-refractivity contribution in [3.05, 3.63) is 35.9 Å². The van der Waals surface area contributed by atoms with Gasteiger partial charge in [-0.25, -0.2) is 0 Å². The van der Waals surface area contributed by atoms with Gasteiger partial charge in [-0.1, -0.05) is 30.3 Å². The maximum absolute atomic E-state index is 12.2. The fourth-order valence-corrected chi connectivity index (χ4v) is 2.62. The van der Waals surface area contributed by atoms with Crippen LogP contribution in [0, 0.1) is 5.92 Å². The molecule has 0 spiro atoms. The van der Waals surface area contributed by atoms with E-state index in [0.29, 0.717) is 13.1 Å². The average molecular weight is 303 g/mol. The minimum Gasteiger partial charge on any atom is -0.352 e. The smallest absolute Gasteiger partial charge is 0.236 e.